The van der Waals surface area contributed by atoms with Crippen LogP contribution >= 0.6 is 0 Å². The van der Waals surface area contributed by atoms with Crippen LogP contribution in [0.25, 0.3) is 0 Å². The van der Waals surface area contributed by atoms with Gasteiger partial charge in [0.1, 0.15) is 5.71 Å². The molecule has 0 amide bonds. The van der Waals surface area contributed by atoms with Crippen LogP contribution in [-0.2, 0) is 4.79 Å². The molecule has 0 spiro atoms. The van der Waals surface area contributed by atoms with Crippen LogP contribution in [0.2, 0.25) is 0 Å². The van der Waals surface area contributed by atoms with Gasteiger partial charge in [-0.15, -0.1) is 0 Å². The number of nitrogens with two attached hydrogens (primary N) is 1. The second-order valence-corrected chi connectivity index (χ2v) is 2.21. The number of Topliss-reactive ketones (excluding diaryl/α,β-unsaturated/α-hetero) is 1. The van der Waals surface area contributed by atoms with Crippen molar-refractivity contribution < 1.29 is 4.79 Å². The molecule has 3 nitrogen and oxygen atoms in total. The predicted octanol–water partition coefficient (Wildman–Crippen LogP) is 0.444. The van der Waals surface area contributed by atoms with Gasteiger partial charge in [-0.3, -0.25) is 4.79 Å². The molecular weight excluding hydrogens is 116 g/mol. The maximum Gasteiger partial charge on any atom is 0.178 e. The Labute approximate surface area is 53.9 Å². The third-order valence-corrected chi connectivity index (χ3v) is 1.55. The fourth-order valence-corrected chi connectivity index (χ4v) is 0.998. The average Bonchev–Trinajstić information content (AvgIpc) is 1.89. The van der Waals surface area contributed by atoms with Crippen LogP contribution in [-0.4, -0.2) is 11.5 Å². The first-order chi connectivity index (χ1) is 4.34. The number of hydrogen-bond donors (Lipinski definition) is 1. The Morgan fingerprint density at radius 3 is 2.44 bits per heavy atom. The normalized spacial score (nSPS) is 24.9. The SMILES string of the molecule is N/N=C1/CCCCC1=O. The van der Waals surface area contributed by atoms with Gasteiger partial charge in [-0.1, -0.05) is 0 Å². The van der Waals surface area contributed by atoms with Gasteiger partial charge in [0.25, 0.3) is 0 Å². The van der Waals surface area contributed by atoms with Crippen LogP contribution < -0.4 is 5.84 Å². The molecule has 0 aromatic rings. The van der Waals surface area contributed by atoms with Crippen LogP contribution in [0.4, 0.5) is 0 Å². The Morgan fingerprint density at radius 1 is 1.33 bits per heavy atom. The molecule has 0 aromatic carbocycles. The van der Waals surface area contributed by atoms with E-state index >= 15 is 0 Å². The molecule has 2 N–H and O–H groups in total. The zero-order valence-corrected chi connectivity index (χ0v) is 5.26. The molecule has 0 atom stereocenters. The van der Waals surface area contributed by atoms with Crippen molar-refractivity contribution in [3.05, 3.63) is 0 Å². The van der Waals surface area contributed by atoms with Gasteiger partial charge in [0, 0.05) is 6.42 Å². The summed E-state index contributed by atoms with van der Waals surface area (Å²) in [5.74, 6) is 5.09. The van der Waals surface area contributed by atoms with Crippen molar-refractivity contribution in [2.75, 3.05) is 0 Å². The predicted molar refractivity (Wildman–Crippen MR) is 35.1 cm³/mol. The van der Waals surface area contributed by atoms with Gasteiger partial charge in [-0.25, -0.2) is 0 Å². The summed E-state index contributed by atoms with van der Waals surface area (Å²) in [4.78, 5) is 10.8. The van der Waals surface area contributed by atoms with E-state index in [0.29, 0.717) is 12.1 Å². The molecular formula is C6H10N2O. The summed E-state index contributed by atoms with van der Waals surface area (Å²) in [6.45, 7) is 0. The number of hydrazone groups is 1. The highest BCUT2D eigenvalue weighted by Crippen LogP contribution is 2.10. The summed E-state index contributed by atoms with van der Waals surface area (Å²) in [5, 5.41) is 3.40. The summed E-state index contributed by atoms with van der Waals surface area (Å²) in [6.07, 6.45) is 3.46. The van der Waals surface area contributed by atoms with E-state index in [2.05, 4.69) is 5.10 Å². The average molecular weight is 126 g/mol. The van der Waals surface area contributed by atoms with Gasteiger partial charge in [-0.05, 0) is 19.3 Å². The topological polar surface area (TPSA) is 55.4 Å². The molecule has 0 saturated heterocycles. The van der Waals surface area contributed by atoms with Crippen molar-refractivity contribution in [1.82, 2.24) is 0 Å². The van der Waals surface area contributed by atoms with E-state index in [1.807, 2.05) is 0 Å². The quantitative estimate of drug-likeness (QED) is 0.378. The highest BCUT2D eigenvalue weighted by atomic mass is 16.1. The smallest absolute Gasteiger partial charge is 0.178 e. The monoisotopic (exact) mass is 126 g/mol. The summed E-state index contributed by atoms with van der Waals surface area (Å²) < 4.78 is 0. The Morgan fingerprint density at radius 2 is 2.00 bits per heavy atom. The lowest BCUT2D eigenvalue weighted by Gasteiger charge is -2.08. The number of carbonyl (C=O) groups excluding carboxylic acids is 1. The molecule has 0 aromatic heterocycles. The molecule has 0 bridgehead atoms. The third-order valence-electron chi connectivity index (χ3n) is 1.55. The van der Waals surface area contributed by atoms with Crippen LogP contribution in [0.3, 0.4) is 0 Å². The fraction of sp³-hybridized carbons (Fsp3) is 0.667. The molecule has 0 radical (unpaired) electrons. The molecule has 50 valence electrons. The third kappa shape index (κ3) is 1.28. The van der Waals surface area contributed by atoms with Crippen molar-refractivity contribution in [1.29, 1.82) is 0 Å². The summed E-state index contributed by atoms with van der Waals surface area (Å²) in [6, 6.07) is 0. The fourth-order valence-electron chi connectivity index (χ4n) is 0.998. The molecule has 1 aliphatic rings. The molecule has 1 rings (SSSR count). The number of ketones is 1. The van der Waals surface area contributed by atoms with Gasteiger partial charge in [0.05, 0.1) is 0 Å². The van der Waals surface area contributed by atoms with Crippen molar-refractivity contribution >= 4 is 11.5 Å². The Hall–Kier alpha value is -0.860. The molecule has 0 aliphatic heterocycles. The Kier molecular flexibility index (Phi) is 1.82. The molecule has 3 heteroatoms. The maximum absolute atomic E-state index is 10.8. The van der Waals surface area contributed by atoms with Gasteiger partial charge in [0.15, 0.2) is 5.78 Å². The second-order valence-electron chi connectivity index (χ2n) is 2.21. The van der Waals surface area contributed by atoms with E-state index in [0.717, 1.165) is 19.3 Å². The second kappa shape index (κ2) is 2.62. The molecule has 0 heterocycles. The minimum Gasteiger partial charge on any atom is -0.323 e. The summed E-state index contributed by atoms with van der Waals surface area (Å²) in [5.41, 5.74) is 0.571. The molecule has 0 unspecified atom stereocenters. The highest BCUT2D eigenvalue weighted by Gasteiger charge is 2.15. The van der Waals surface area contributed by atoms with Crippen molar-refractivity contribution in [3.63, 3.8) is 0 Å². The molecule has 1 saturated carbocycles. The minimum atomic E-state index is 0.128. The van der Waals surface area contributed by atoms with Crippen LogP contribution in [0.15, 0.2) is 5.10 Å². The van der Waals surface area contributed by atoms with E-state index in [4.69, 9.17) is 5.84 Å². The minimum absolute atomic E-state index is 0.128. The lowest BCUT2D eigenvalue weighted by atomic mass is 9.97. The Bertz CT molecular complexity index is 151. The van der Waals surface area contributed by atoms with Crippen molar-refractivity contribution in [2.24, 2.45) is 10.9 Å². The van der Waals surface area contributed by atoms with Gasteiger partial charge >= 0.3 is 0 Å². The summed E-state index contributed by atoms with van der Waals surface area (Å²) in [7, 11) is 0. The maximum atomic E-state index is 10.8. The molecule has 9 heavy (non-hydrogen) atoms. The van der Waals surface area contributed by atoms with E-state index < -0.39 is 0 Å². The van der Waals surface area contributed by atoms with Crippen LogP contribution in [0, 0.1) is 0 Å². The molecule has 1 fully saturated rings. The molecule has 1 aliphatic carbocycles. The van der Waals surface area contributed by atoms with Crippen molar-refractivity contribution in [2.45, 2.75) is 25.7 Å². The zero-order chi connectivity index (χ0) is 6.69. The van der Waals surface area contributed by atoms with E-state index in [1.54, 1.807) is 0 Å². The highest BCUT2D eigenvalue weighted by molar-refractivity contribution is 6.40. The Balaban J connectivity index is 2.60. The van der Waals surface area contributed by atoms with E-state index in [-0.39, 0.29) is 5.78 Å². The number of rotatable bonds is 0. The number of carbonyl (C=O) groups is 1. The lowest BCUT2D eigenvalue weighted by molar-refractivity contribution is -0.113. The first kappa shape index (κ1) is 6.26. The van der Waals surface area contributed by atoms with Gasteiger partial charge in [-0.2, -0.15) is 5.10 Å². The number of nitrogens with zero attached hydrogens (tertiary/aromatic N) is 1. The first-order valence-electron chi connectivity index (χ1n) is 3.14. The van der Waals surface area contributed by atoms with Gasteiger partial charge in [0.2, 0.25) is 0 Å². The summed E-state index contributed by atoms with van der Waals surface area (Å²) >= 11 is 0. The first-order valence-corrected chi connectivity index (χ1v) is 3.14. The van der Waals surface area contributed by atoms with Crippen LogP contribution in [0.1, 0.15) is 25.7 Å². The van der Waals surface area contributed by atoms with Crippen molar-refractivity contribution in [3.8, 4) is 0 Å². The van der Waals surface area contributed by atoms with E-state index in [1.165, 1.54) is 0 Å². The largest absolute Gasteiger partial charge is 0.323 e. The van der Waals surface area contributed by atoms with E-state index in [9.17, 15) is 4.79 Å². The zero-order valence-electron chi connectivity index (χ0n) is 5.26. The number of hydrogen-bond acceptors (Lipinski definition) is 3. The van der Waals surface area contributed by atoms with Crippen LogP contribution in [0.5, 0.6) is 0 Å². The van der Waals surface area contributed by atoms with Gasteiger partial charge < -0.3 is 5.84 Å². The standard InChI is InChI=1S/C6H10N2O/c7-8-5-3-1-2-4-6(5)9/h1-4,7H2/b8-5-. The lowest BCUT2D eigenvalue weighted by Crippen LogP contribution is -2.19.